The van der Waals surface area contributed by atoms with Crippen molar-refractivity contribution < 1.29 is 13.9 Å². The molecule has 1 heterocycles. The van der Waals surface area contributed by atoms with Crippen LogP contribution in [0.1, 0.15) is 18.9 Å². The minimum atomic E-state index is -0.277. The van der Waals surface area contributed by atoms with Crippen LogP contribution in [0, 0.1) is 5.82 Å². The lowest BCUT2D eigenvalue weighted by Gasteiger charge is -2.18. The molecule has 0 aromatic heterocycles. The van der Waals surface area contributed by atoms with Gasteiger partial charge in [-0.15, -0.1) is 0 Å². The summed E-state index contributed by atoms with van der Waals surface area (Å²) in [5.74, 6) is -0.277. The molecule has 1 unspecified atom stereocenters. The molecule has 1 aromatic rings. The van der Waals surface area contributed by atoms with Crippen molar-refractivity contribution in [2.45, 2.75) is 19.4 Å². The molecule has 2 rings (SSSR count). The van der Waals surface area contributed by atoms with Gasteiger partial charge in [-0.25, -0.2) is 9.18 Å². The van der Waals surface area contributed by atoms with Crippen LogP contribution in [0.15, 0.2) is 54.4 Å². The number of nitrogens with one attached hydrogen (secondary N) is 1. The maximum absolute atomic E-state index is 13.0. The standard InChI is InChI=1S/C19H24FN3O2/c1-13(15-5-7-16(20)8-6-15)4-9-18(21)14(2)22-19(24)23-11-10-17(12-23)25-3/h4-9,17H,2,10-12,21H2,1,3H3,(H,22,24)/b13-4+,18-9+. The number of carbonyl (C=O) groups is 1. The van der Waals surface area contributed by atoms with E-state index in [1.165, 1.54) is 12.1 Å². The number of carbonyl (C=O) groups excluding carboxylic acids is 1. The van der Waals surface area contributed by atoms with Gasteiger partial charge >= 0.3 is 6.03 Å². The number of ether oxygens (including phenoxy) is 1. The number of amides is 2. The maximum atomic E-state index is 13.0. The van der Waals surface area contributed by atoms with E-state index in [9.17, 15) is 9.18 Å². The van der Waals surface area contributed by atoms with Crippen LogP contribution in [-0.4, -0.2) is 37.2 Å². The fraction of sp³-hybridized carbons (Fsp3) is 0.316. The Morgan fingerprint density at radius 3 is 2.68 bits per heavy atom. The fourth-order valence-corrected chi connectivity index (χ4v) is 2.51. The number of hydrogen-bond donors (Lipinski definition) is 2. The van der Waals surface area contributed by atoms with Crippen molar-refractivity contribution in [2.75, 3.05) is 20.2 Å². The Kier molecular flexibility index (Phi) is 6.36. The zero-order chi connectivity index (χ0) is 18.4. The molecule has 5 nitrogen and oxygen atoms in total. The van der Waals surface area contributed by atoms with Crippen molar-refractivity contribution in [3.63, 3.8) is 0 Å². The molecule has 1 atom stereocenters. The van der Waals surface area contributed by atoms with Gasteiger partial charge < -0.3 is 20.7 Å². The normalized spacial score (nSPS) is 18.4. The van der Waals surface area contributed by atoms with Gasteiger partial charge in [-0.05, 0) is 42.7 Å². The van der Waals surface area contributed by atoms with Gasteiger partial charge in [-0.3, -0.25) is 0 Å². The van der Waals surface area contributed by atoms with Gasteiger partial charge in [0.05, 0.1) is 17.5 Å². The summed E-state index contributed by atoms with van der Waals surface area (Å²) < 4.78 is 18.2. The minimum Gasteiger partial charge on any atom is -0.397 e. The summed E-state index contributed by atoms with van der Waals surface area (Å²) in [4.78, 5) is 13.9. The first-order valence-corrected chi connectivity index (χ1v) is 8.08. The monoisotopic (exact) mass is 345 g/mol. The molecular formula is C19H24FN3O2. The summed E-state index contributed by atoms with van der Waals surface area (Å²) in [6.45, 7) is 6.90. The van der Waals surface area contributed by atoms with Crippen molar-refractivity contribution in [2.24, 2.45) is 5.73 Å². The van der Waals surface area contributed by atoms with Crippen molar-refractivity contribution in [1.29, 1.82) is 0 Å². The van der Waals surface area contributed by atoms with Gasteiger partial charge in [-0.1, -0.05) is 24.8 Å². The number of rotatable bonds is 5. The van der Waals surface area contributed by atoms with Crippen LogP contribution in [0.4, 0.5) is 9.18 Å². The third-order valence-electron chi connectivity index (χ3n) is 4.18. The van der Waals surface area contributed by atoms with Gasteiger partial charge in [-0.2, -0.15) is 0 Å². The smallest absolute Gasteiger partial charge is 0.321 e. The molecule has 0 bridgehead atoms. The highest BCUT2D eigenvalue weighted by molar-refractivity contribution is 5.77. The Morgan fingerprint density at radius 2 is 2.08 bits per heavy atom. The van der Waals surface area contributed by atoms with Crippen molar-refractivity contribution >= 4 is 11.6 Å². The lowest BCUT2D eigenvalue weighted by Crippen LogP contribution is -2.39. The average molecular weight is 345 g/mol. The lowest BCUT2D eigenvalue weighted by atomic mass is 10.1. The van der Waals surface area contributed by atoms with E-state index in [1.807, 2.05) is 6.92 Å². The van der Waals surface area contributed by atoms with E-state index >= 15 is 0 Å². The van der Waals surface area contributed by atoms with E-state index in [1.54, 1.807) is 36.3 Å². The Labute approximate surface area is 147 Å². The zero-order valence-corrected chi connectivity index (χ0v) is 14.6. The highest BCUT2D eigenvalue weighted by atomic mass is 19.1. The second-order valence-electron chi connectivity index (χ2n) is 5.98. The Bertz CT molecular complexity index is 695. The van der Waals surface area contributed by atoms with Crippen LogP contribution in [0.3, 0.4) is 0 Å². The first kappa shape index (κ1) is 18.7. The predicted molar refractivity (Wildman–Crippen MR) is 97.0 cm³/mol. The number of halogens is 1. The lowest BCUT2D eigenvalue weighted by molar-refractivity contribution is 0.110. The molecule has 1 aromatic carbocycles. The van der Waals surface area contributed by atoms with Crippen LogP contribution >= 0.6 is 0 Å². The summed E-state index contributed by atoms with van der Waals surface area (Å²) in [6, 6.07) is 5.97. The molecule has 0 radical (unpaired) electrons. The quantitative estimate of drug-likeness (QED) is 0.806. The topological polar surface area (TPSA) is 67.6 Å². The van der Waals surface area contributed by atoms with Crippen LogP contribution in [0.2, 0.25) is 0 Å². The number of likely N-dealkylation sites (tertiary alicyclic amines) is 1. The molecule has 1 aliphatic heterocycles. The number of nitrogens with zero attached hydrogens (tertiary/aromatic N) is 1. The summed E-state index contributed by atoms with van der Waals surface area (Å²) in [6.07, 6.45) is 4.37. The van der Waals surface area contributed by atoms with E-state index in [0.717, 1.165) is 17.6 Å². The number of benzene rings is 1. The van der Waals surface area contributed by atoms with E-state index in [2.05, 4.69) is 11.9 Å². The second kappa shape index (κ2) is 8.48. The first-order chi connectivity index (χ1) is 11.9. The summed E-state index contributed by atoms with van der Waals surface area (Å²) in [5.41, 5.74) is 8.48. The summed E-state index contributed by atoms with van der Waals surface area (Å²) in [5, 5.41) is 2.70. The summed E-state index contributed by atoms with van der Waals surface area (Å²) >= 11 is 0. The Balaban J connectivity index is 1.94. The molecule has 1 saturated heterocycles. The molecule has 1 aliphatic rings. The molecule has 0 saturated carbocycles. The zero-order valence-electron chi connectivity index (χ0n) is 14.6. The van der Waals surface area contributed by atoms with Gasteiger partial charge in [0, 0.05) is 20.2 Å². The number of nitrogens with two attached hydrogens (primary N) is 1. The number of hydrogen-bond acceptors (Lipinski definition) is 3. The third-order valence-corrected chi connectivity index (χ3v) is 4.18. The van der Waals surface area contributed by atoms with Crippen LogP contribution in [0.5, 0.6) is 0 Å². The van der Waals surface area contributed by atoms with E-state index in [4.69, 9.17) is 10.5 Å². The summed E-state index contributed by atoms with van der Waals surface area (Å²) in [7, 11) is 1.64. The first-order valence-electron chi connectivity index (χ1n) is 8.08. The molecule has 25 heavy (non-hydrogen) atoms. The van der Waals surface area contributed by atoms with Crippen LogP contribution in [-0.2, 0) is 4.74 Å². The van der Waals surface area contributed by atoms with Gasteiger partial charge in [0.15, 0.2) is 0 Å². The van der Waals surface area contributed by atoms with Crippen molar-refractivity contribution in [3.8, 4) is 0 Å². The molecule has 6 heteroatoms. The third kappa shape index (κ3) is 5.19. The Hall–Kier alpha value is -2.60. The predicted octanol–water partition coefficient (Wildman–Crippen LogP) is 3.02. The fourth-order valence-electron chi connectivity index (χ4n) is 2.51. The van der Waals surface area contributed by atoms with Gasteiger partial charge in [0.25, 0.3) is 0 Å². The highest BCUT2D eigenvalue weighted by Crippen LogP contribution is 2.15. The highest BCUT2D eigenvalue weighted by Gasteiger charge is 2.26. The number of urea groups is 1. The van der Waals surface area contributed by atoms with Gasteiger partial charge in [0.2, 0.25) is 0 Å². The molecule has 0 aliphatic carbocycles. The number of allylic oxidation sites excluding steroid dienone is 3. The van der Waals surface area contributed by atoms with E-state index in [-0.39, 0.29) is 18.0 Å². The van der Waals surface area contributed by atoms with E-state index < -0.39 is 0 Å². The molecular weight excluding hydrogens is 321 g/mol. The van der Waals surface area contributed by atoms with Crippen LogP contribution < -0.4 is 11.1 Å². The maximum Gasteiger partial charge on any atom is 0.321 e. The second-order valence-corrected chi connectivity index (χ2v) is 5.98. The molecule has 0 spiro atoms. The minimum absolute atomic E-state index is 0.0770. The molecule has 2 amide bonds. The van der Waals surface area contributed by atoms with Crippen LogP contribution in [0.25, 0.3) is 5.57 Å². The van der Waals surface area contributed by atoms with Gasteiger partial charge in [0.1, 0.15) is 5.82 Å². The molecule has 134 valence electrons. The molecule has 3 N–H and O–H groups in total. The Morgan fingerprint density at radius 1 is 1.40 bits per heavy atom. The largest absolute Gasteiger partial charge is 0.397 e. The SMILES string of the molecule is C=C(NC(=O)N1CCC(OC)C1)/C(N)=C\C=C(/C)c1ccc(F)cc1. The number of methoxy groups -OCH3 is 1. The van der Waals surface area contributed by atoms with E-state index in [0.29, 0.717) is 24.5 Å². The average Bonchev–Trinajstić information content (AvgIpc) is 3.09. The molecule has 1 fully saturated rings. The van der Waals surface area contributed by atoms with Crippen molar-refractivity contribution in [1.82, 2.24) is 10.2 Å². The van der Waals surface area contributed by atoms with Crippen molar-refractivity contribution in [3.05, 3.63) is 65.8 Å².